The van der Waals surface area contributed by atoms with Crippen LogP contribution in [-0.4, -0.2) is 66.1 Å². The van der Waals surface area contributed by atoms with Crippen molar-refractivity contribution >= 4 is 11.8 Å². The Morgan fingerprint density at radius 3 is 2.34 bits per heavy atom. The van der Waals surface area contributed by atoms with Crippen molar-refractivity contribution in [3.05, 3.63) is 12.2 Å². The first-order chi connectivity index (χ1) is 18.5. The predicted molar refractivity (Wildman–Crippen MR) is 144 cm³/mol. The van der Waals surface area contributed by atoms with Crippen molar-refractivity contribution in [1.29, 1.82) is 0 Å². The minimum Gasteiger partial charge on any atom is -0.481 e. The van der Waals surface area contributed by atoms with E-state index in [9.17, 15) is 14.7 Å². The second-order valence-electron chi connectivity index (χ2n) is 11.2. The van der Waals surface area contributed by atoms with Crippen molar-refractivity contribution in [2.45, 2.75) is 141 Å². The molecule has 2 saturated heterocycles. The Labute approximate surface area is 228 Å². The number of hydrogen-bond donors (Lipinski definition) is 2. The molecule has 2 aliphatic heterocycles. The number of unbranched alkanes of at least 4 members (excludes halogenated alkanes) is 3. The smallest absolute Gasteiger partial charge is 0.303 e. The summed E-state index contributed by atoms with van der Waals surface area (Å²) in [6.07, 6.45) is 15.3. The van der Waals surface area contributed by atoms with E-state index >= 15 is 0 Å². The summed E-state index contributed by atoms with van der Waals surface area (Å²) in [5.41, 5.74) is 0. The van der Waals surface area contributed by atoms with Crippen LogP contribution in [0, 0.1) is 11.8 Å². The van der Waals surface area contributed by atoms with Gasteiger partial charge in [-0.1, -0.05) is 38.3 Å². The van der Waals surface area contributed by atoms with E-state index in [1.807, 2.05) is 0 Å². The number of carbonyl (C=O) groups excluding carboxylic acids is 1. The van der Waals surface area contributed by atoms with E-state index in [0.29, 0.717) is 32.3 Å². The Balaban J connectivity index is 1.68. The van der Waals surface area contributed by atoms with Gasteiger partial charge in [0.1, 0.15) is 5.78 Å². The number of rotatable bonds is 17. The molecule has 0 aromatic carbocycles. The van der Waals surface area contributed by atoms with E-state index in [0.717, 1.165) is 70.8 Å². The summed E-state index contributed by atoms with van der Waals surface area (Å²) in [5, 5.41) is 19.9. The molecule has 2 N–H and O–H groups in total. The number of ether oxygens (including phenoxy) is 4. The maximum absolute atomic E-state index is 12.8. The molecular weight excluding hydrogens is 488 g/mol. The van der Waals surface area contributed by atoms with Gasteiger partial charge in [0.2, 0.25) is 0 Å². The van der Waals surface area contributed by atoms with Gasteiger partial charge in [0, 0.05) is 50.7 Å². The highest BCUT2D eigenvalue weighted by Crippen LogP contribution is 2.40. The largest absolute Gasteiger partial charge is 0.481 e. The predicted octanol–water partition coefficient (Wildman–Crippen LogP) is 5.55. The average Bonchev–Trinajstić information content (AvgIpc) is 3.19. The van der Waals surface area contributed by atoms with E-state index in [2.05, 4.69) is 19.1 Å². The number of hydrogen-bond acceptors (Lipinski definition) is 7. The van der Waals surface area contributed by atoms with Crippen LogP contribution in [0.1, 0.15) is 110 Å². The number of ketones is 1. The van der Waals surface area contributed by atoms with Gasteiger partial charge in [-0.3, -0.25) is 9.59 Å². The molecule has 0 amide bonds. The fourth-order valence-corrected chi connectivity index (χ4v) is 5.83. The molecule has 2 unspecified atom stereocenters. The third-order valence-electron chi connectivity index (χ3n) is 8.02. The van der Waals surface area contributed by atoms with E-state index in [1.165, 1.54) is 0 Å². The first-order valence-electron chi connectivity index (χ1n) is 15.1. The lowest BCUT2D eigenvalue weighted by Gasteiger charge is -2.30. The van der Waals surface area contributed by atoms with Gasteiger partial charge < -0.3 is 29.2 Å². The molecule has 3 aliphatic rings. The number of Topliss-reactive ketones (excluding diaryl/α,β-unsaturated/α-hetero) is 1. The van der Waals surface area contributed by atoms with Crippen LogP contribution in [0.2, 0.25) is 0 Å². The van der Waals surface area contributed by atoms with Crippen molar-refractivity contribution in [1.82, 2.24) is 0 Å². The Bertz CT molecular complexity index is 713. The van der Waals surface area contributed by atoms with E-state index in [-0.39, 0.29) is 55.2 Å². The van der Waals surface area contributed by atoms with Crippen molar-refractivity contribution < 1.29 is 38.7 Å². The Hall–Kier alpha value is -1.32. The molecule has 8 nitrogen and oxygen atoms in total. The SMILES string of the molecule is CCCCC[C@@H](C=C[C@@H]1[C@@H](CC(=O)CCCCC(=O)O)[C@@H](O)C[C@H]1OC1CCCCO1)OC1CCCCO1. The van der Waals surface area contributed by atoms with Crippen LogP contribution in [0.4, 0.5) is 0 Å². The number of carboxylic acid groups (broad SMARTS) is 1. The molecule has 3 rings (SSSR count). The van der Waals surface area contributed by atoms with E-state index in [1.54, 1.807) is 0 Å². The Morgan fingerprint density at radius 2 is 1.68 bits per heavy atom. The monoisotopic (exact) mass is 538 g/mol. The van der Waals surface area contributed by atoms with Crippen molar-refractivity contribution in [2.24, 2.45) is 11.8 Å². The van der Waals surface area contributed by atoms with Crippen LogP contribution in [0.5, 0.6) is 0 Å². The minimum atomic E-state index is -0.840. The lowest BCUT2D eigenvalue weighted by molar-refractivity contribution is -0.193. The van der Waals surface area contributed by atoms with E-state index < -0.39 is 12.1 Å². The summed E-state index contributed by atoms with van der Waals surface area (Å²) in [6.45, 7) is 3.61. The number of carboxylic acids is 1. The van der Waals surface area contributed by atoms with Crippen molar-refractivity contribution in [3.8, 4) is 0 Å². The molecule has 7 atom stereocenters. The maximum Gasteiger partial charge on any atom is 0.303 e. The summed E-state index contributed by atoms with van der Waals surface area (Å²) < 4.78 is 24.4. The van der Waals surface area contributed by atoms with Crippen LogP contribution in [0.3, 0.4) is 0 Å². The first-order valence-corrected chi connectivity index (χ1v) is 15.1. The highest BCUT2D eigenvalue weighted by Gasteiger charge is 2.44. The van der Waals surface area contributed by atoms with Gasteiger partial charge >= 0.3 is 5.97 Å². The van der Waals surface area contributed by atoms with Crippen LogP contribution in [-0.2, 0) is 28.5 Å². The van der Waals surface area contributed by atoms with Gasteiger partial charge in [0.05, 0.1) is 18.3 Å². The minimum absolute atomic E-state index is 0.0683. The summed E-state index contributed by atoms with van der Waals surface area (Å²) in [7, 11) is 0. The van der Waals surface area contributed by atoms with E-state index in [4.69, 9.17) is 24.1 Å². The molecule has 0 radical (unpaired) electrons. The molecule has 0 aromatic heterocycles. The standard InChI is InChI=1S/C30H50O8/c1-2-3-4-12-23(37-29-14-7-9-18-35-29)16-17-24-25(20-22(31)11-5-6-13-28(33)34)26(32)21-27(24)38-30-15-8-10-19-36-30/h16-17,23-27,29-30,32H,2-15,18-21H2,1H3,(H,33,34)/t23-,24+,25+,26-,27+,29?,30?/m0/s1. The van der Waals surface area contributed by atoms with Crippen LogP contribution in [0.25, 0.3) is 0 Å². The number of aliphatic carboxylic acids is 1. The van der Waals surface area contributed by atoms with Gasteiger partial charge in [0.25, 0.3) is 0 Å². The molecule has 0 bridgehead atoms. The molecule has 38 heavy (non-hydrogen) atoms. The lowest BCUT2D eigenvalue weighted by atomic mass is 9.87. The zero-order valence-electron chi connectivity index (χ0n) is 23.3. The number of aliphatic hydroxyl groups excluding tert-OH is 1. The third-order valence-corrected chi connectivity index (χ3v) is 8.02. The molecule has 3 fully saturated rings. The molecule has 1 saturated carbocycles. The fourth-order valence-electron chi connectivity index (χ4n) is 5.83. The molecule has 2 heterocycles. The lowest BCUT2D eigenvalue weighted by Crippen LogP contribution is -2.31. The molecule has 218 valence electrons. The molecule has 8 heteroatoms. The van der Waals surface area contributed by atoms with Gasteiger partial charge in [-0.2, -0.15) is 0 Å². The second kappa shape index (κ2) is 17.4. The fraction of sp³-hybridized carbons (Fsp3) is 0.867. The number of carbonyl (C=O) groups is 2. The topological polar surface area (TPSA) is 112 Å². The molecule has 0 aromatic rings. The summed E-state index contributed by atoms with van der Waals surface area (Å²) >= 11 is 0. The quantitative estimate of drug-likeness (QED) is 0.183. The zero-order chi connectivity index (χ0) is 27.2. The van der Waals surface area contributed by atoms with Crippen molar-refractivity contribution in [2.75, 3.05) is 13.2 Å². The van der Waals surface area contributed by atoms with Crippen molar-refractivity contribution in [3.63, 3.8) is 0 Å². The maximum atomic E-state index is 12.8. The molecule has 0 spiro atoms. The second-order valence-corrected chi connectivity index (χ2v) is 11.2. The van der Waals surface area contributed by atoms with Gasteiger partial charge in [-0.05, 0) is 57.8 Å². The van der Waals surface area contributed by atoms with Gasteiger partial charge in [-0.25, -0.2) is 0 Å². The highest BCUT2D eigenvalue weighted by atomic mass is 16.7. The van der Waals surface area contributed by atoms with Crippen LogP contribution < -0.4 is 0 Å². The highest BCUT2D eigenvalue weighted by molar-refractivity contribution is 5.78. The summed E-state index contributed by atoms with van der Waals surface area (Å²) in [5.74, 6) is -1.14. The average molecular weight is 539 g/mol. The Morgan fingerprint density at radius 1 is 0.974 bits per heavy atom. The Kier molecular flexibility index (Phi) is 14.3. The third kappa shape index (κ3) is 11.0. The normalized spacial score (nSPS) is 31.0. The number of aliphatic hydroxyl groups is 1. The van der Waals surface area contributed by atoms with Crippen LogP contribution in [0.15, 0.2) is 12.2 Å². The summed E-state index contributed by atoms with van der Waals surface area (Å²) in [4.78, 5) is 23.6. The van der Waals surface area contributed by atoms with Gasteiger partial charge in [0.15, 0.2) is 12.6 Å². The van der Waals surface area contributed by atoms with Gasteiger partial charge in [-0.15, -0.1) is 0 Å². The summed E-state index contributed by atoms with van der Waals surface area (Å²) in [6, 6.07) is 0. The first kappa shape index (κ1) is 31.2. The molecular formula is C30H50O8. The van der Waals surface area contributed by atoms with Crippen LogP contribution >= 0.6 is 0 Å². The molecule has 1 aliphatic carbocycles. The zero-order valence-corrected chi connectivity index (χ0v) is 23.3.